The van der Waals surface area contributed by atoms with Crippen molar-refractivity contribution in [1.29, 1.82) is 0 Å². The first-order valence-electron chi connectivity index (χ1n) is 6.19. The number of hydrogen-bond acceptors (Lipinski definition) is 4. The molecule has 8 heteroatoms. The number of methoxy groups -OCH3 is 1. The highest BCUT2D eigenvalue weighted by Gasteiger charge is 2.31. The Balaban J connectivity index is 2.70. The summed E-state index contributed by atoms with van der Waals surface area (Å²) in [5.41, 5.74) is 5.14. The molecule has 0 spiro atoms. The molecule has 3 N–H and O–H groups in total. The molecule has 0 fully saturated rings. The van der Waals surface area contributed by atoms with Crippen LogP contribution >= 0.6 is 0 Å². The van der Waals surface area contributed by atoms with Crippen LogP contribution in [0.15, 0.2) is 18.2 Å². The fourth-order valence-corrected chi connectivity index (χ4v) is 1.73. The molecule has 0 radical (unpaired) electrons. The maximum atomic E-state index is 12.5. The third-order valence-electron chi connectivity index (χ3n) is 2.78. The van der Waals surface area contributed by atoms with Gasteiger partial charge in [0.15, 0.2) is 0 Å². The molecule has 0 saturated carbocycles. The third kappa shape index (κ3) is 5.14. The highest BCUT2D eigenvalue weighted by atomic mass is 19.4. The number of carbonyl (C=O) groups is 1. The number of alkyl halides is 3. The van der Waals surface area contributed by atoms with E-state index in [-0.39, 0.29) is 18.1 Å². The first-order chi connectivity index (χ1) is 9.75. The molecule has 0 atom stereocenters. The van der Waals surface area contributed by atoms with Crippen molar-refractivity contribution in [3.05, 3.63) is 23.8 Å². The molecule has 0 saturated heterocycles. The number of anilines is 2. The Kier molecular flexibility index (Phi) is 5.83. The maximum absolute atomic E-state index is 12.5. The van der Waals surface area contributed by atoms with E-state index in [1.807, 2.05) is 0 Å². The second-order valence-electron chi connectivity index (χ2n) is 4.47. The molecule has 0 bridgehead atoms. The Bertz CT molecular complexity index is 492. The van der Waals surface area contributed by atoms with Crippen LogP contribution in [0.1, 0.15) is 5.56 Å². The maximum Gasteiger partial charge on any atom is 0.416 e. The topological polar surface area (TPSA) is 67.6 Å². The number of nitrogens with two attached hydrogens (primary N) is 1. The van der Waals surface area contributed by atoms with Gasteiger partial charge in [0.25, 0.3) is 0 Å². The number of nitrogens with one attached hydrogen (secondary N) is 1. The second kappa shape index (κ2) is 7.16. The van der Waals surface area contributed by atoms with Gasteiger partial charge in [-0.3, -0.25) is 4.79 Å². The van der Waals surface area contributed by atoms with Crippen LogP contribution in [-0.2, 0) is 15.7 Å². The van der Waals surface area contributed by atoms with Crippen molar-refractivity contribution in [3.8, 4) is 0 Å². The smallest absolute Gasteiger partial charge is 0.397 e. The van der Waals surface area contributed by atoms with Crippen molar-refractivity contribution < 1.29 is 22.7 Å². The number of halogens is 3. The number of carbonyl (C=O) groups excluding carboxylic acids is 1. The Morgan fingerprint density at radius 1 is 1.43 bits per heavy atom. The lowest BCUT2D eigenvalue weighted by Gasteiger charge is -2.21. The first-order valence-corrected chi connectivity index (χ1v) is 6.19. The van der Waals surface area contributed by atoms with E-state index in [4.69, 9.17) is 10.5 Å². The fraction of sp³-hybridized carbons (Fsp3) is 0.462. The van der Waals surface area contributed by atoms with Crippen LogP contribution in [0.2, 0.25) is 0 Å². The van der Waals surface area contributed by atoms with Gasteiger partial charge in [-0.1, -0.05) is 0 Å². The monoisotopic (exact) mass is 305 g/mol. The molecule has 1 amide bonds. The predicted molar refractivity (Wildman–Crippen MR) is 74.0 cm³/mol. The third-order valence-corrected chi connectivity index (χ3v) is 2.78. The minimum atomic E-state index is -4.44. The lowest BCUT2D eigenvalue weighted by Crippen LogP contribution is -2.36. The average Bonchev–Trinajstić information content (AvgIpc) is 2.37. The summed E-state index contributed by atoms with van der Waals surface area (Å²) >= 11 is 0. The number of rotatable bonds is 6. The molecular formula is C13H18F3N3O2. The van der Waals surface area contributed by atoms with Gasteiger partial charge in [0.2, 0.25) is 5.91 Å². The van der Waals surface area contributed by atoms with Crippen molar-refractivity contribution in [3.63, 3.8) is 0 Å². The molecule has 118 valence electrons. The van der Waals surface area contributed by atoms with E-state index < -0.39 is 11.7 Å². The standard InChI is InChI=1S/C13H18F3N3O2/c1-19(8-12(20)18-5-6-21-2)11-4-3-9(7-10(11)17)13(14,15)16/h3-4,7H,5-6,8,17H2,1-2H3,(H,18,20). The molecule has 1 aromatic rings. The molecule has 0 heterocycles. The molecule has 0 unspecified atom stereocenters. The van der Waals surface area contributed by atoms with Crippen LogP contribution in [0.25, 0.3) is 0 Å². The van der Waals surface area contributed by atoms with E-state index in [0.717, 1.165) is 12.1 Å². The van der Waals surface area contributed by atoms with Crippen molar-refractivity contribution >= 4 is 17.3 Å². The minimum Gasteiger partial charge on any atom is -0.397 e. The lowest BCUT2D eigenvalue weighted by molar-refractivity contribution is -0.137. The van der Waals surface area contributed by atoms with Crippen LogP contribution < -0.4 is 16.0 Å². The van der Waals surface area contributed by atoms with Gasteiger partial charge >= 0.3 is 6.18 Å². The summed E-state index contributed by atoms with van der Waals surface area (Å²) < 4.78 is 42.4. The number of nitrogens with zero attached hydrogens (tertiary/aromatic N) is 1. The Morgan fingerprint density at radius 3 is 2.62 bits per heavy atom. The van der Waals surface area contributed by atoms with Crippen LogP contribution in [0, 0.1) is 0 Å². The minimum absolute atomic E-state index is 0.0146. The van der Waals surface area contributed by atoms with E-state index in [1.165, 1.54) is 18.1 Å². The van der Waals surface area contributed by atoms with Crippen molar-refractivity contribution in [2.45, 2.75) is 6.18 Å². The molecule has 21 heavy (non-hydrogen) atoms. The van der Waals surface area contributed by atoms with Crippen molar-refractivity contribution in [2.24, 2.45) is 0 Å². The lowest BCUT2D eigenvalue weighted by atomic mass is 10.1. The number of benzene rings is 1. The van der Waals surface area contributed by atoms with E-state index in [2.05, 4.69) is 5.32 Å². The van der Waals surface area contributed by atoms with Crippen molar-refractivity contribution in [1.82, 2.24) is 5.32 Å². The van der Waals surface area contributed by atoms with Crippen LogP contribution in [-0.4, -0.2) is 39.8 Å². The fourth-order valence-electron chi connectivity index (χ4n) is 1.73. The summed E-state index contributed by atoms with van der Waals surface area (Å²) in [5.74, 6) is -0.270. The average molecular weight is 305 g/mol. The van der Waals surface area contributed by atoms with Crippen LogP contribution in [0.4, 0.5) is 24.5 Å². The molecule has 0 aliphatic carbocycles. The van der Waals surface area contributed by atoms with E-state index in [0.29, 0.717) is 18.8 Å². The quantitative estimate of drug-likeness (QED) is 0.617. The Hall–Kier alpha value is -1.96. The Morgan fingerprint density at radius 2 is 2.10 bits per heavy atom. The van der Waals surface area contributed by atoms with Crippen LogP contribution in [0.5, 0.6) is 0 Å². The molecular weight excluding hydrogens is 287 g/mol. The zero-order valence-electron chi connectivity index (χ0n) is 11.8. The SMILES string of the molecule is COCCNC(=O)CN(C)c1ccc(C(F)(F)F)cc1N. The van der Waals surface area contributed by atoms with Gasteiger partial charge in [-0.05, 0) is 18.2 Å². The van der Waals surface area contributed by atoms with Gasteiger partial charge < -0.3 is 20.7 Å². The highest BCUT2D eigenvalue weighted by molar-refractivity contribution is 5.83. The van der Waals surface area contributed by atoms with Gasteiger partial charge in [-0.2, -0.15) is 13.2 Å². The van der Waals surface area contributed by atoms with E-state index in [9.17, 15) is 18.0 Å². The van der Waals surface area contributed by atoms with Gasteiger partial charge in [0.1, 0.15) is 0 Å². The molecule has 5 nitrogen and oxygen atoms in total. The van der Waals surface area contributed by atoms with Gasteiger partial charge in [0, 0.05) is 20.7 Å². The predicted octanol–water partition coefficient (Wildman–Crippen LogP) is 1.49. The number of ether oxygens (including phenoxy) is 1. The van der Waals surface area contributed by atoms with E-state index in [1.54, 1.807) is 7.05 Å². The van der Waals surface area contributed by atoms with Gasteiger partial charge in [-0.25, -0.2) is 0 Å². The highest BCUT2D eigenvalue weighted by Crippen LogP contribution is 2.33. The summed E-state index contributed by atoms with van der Waals surface area (Å²) in [6.45, 7) is 0.739. The first kappa shape index (κ1) is 17.1. The molecule has 1 rings (SSSR count). The normalized spacial score (nSPS) is 11.3. The number of nitrogen functional groups attached to an aromatic ring is 1. The zero-order valence-corrected chi connectivity index (χ0v) is 11.8. The number of hydrogen-bond donors (Lipinski definition) is 2. The Labute approximate surface area is 120 Å². The largest absolute Gasteiger partial charge is 0.416 e. The molecule has 0 aliphatic rings. The van der Waals surface area contributed by atoms with Crippen LogP contribution in [0.3, 0.4) is 0 Å². The van der Waals surface area contributed by atoms with E-state index >= 15 is 0 Å². The summed E-state index contributed by atoms with van der Waals surface area (Å²) in [7, 11) is 3.09. The molecule has 1 aromatic carbocycles. The number of likely N-dealkylation sites (N-methyl/N-ethyl adjacent to an activating group) is 1. The summed E-state index contributed by atoms with van der Waals surface area (Å²) in [4.78, 5) is 13.1. The molecule has 0 aromatic heterocycles. The number of amides is 1. The molecule has 0 aliphatic heterocycles. The zero-order chi connectivity index (χ0) is 16.0. The summed E-state index contributed by atoms with van der Waals surface area (Å²) in [6, 6.07) is 3.04. The second-order valence-corrected chi connectivity index (χ2v) is 4.47. The summed E-state index contributed by atoms with van der Waals surface area (Å²) in [5, 5.41) is 2.61. The van der Waals surface area contributed by atoms with Crippen molar-refractivity contribution in [2.75, 3.05) is 44.5 Å². The van der Waals surface area contributed by atoms with Gasteiger partial charge in [-0.15, -0.1) is 0 Å². The summed E-state index contributed by atoms with van der Waals surface area (Å²) in [6.07, 6.45) is -4.44. The van der Waals surface area contributed by atoms with Gasteiger partial charge in [0.05, 0.1) is 30.1 Å².